The van der Waals surface area contributed by atoms with E-state index in [4.69, 9.17) is 0 Å². The fraction of sp³-hybridized carbons (Fsp3) is 0.333. The Morgan fingerprint density at radius 2 is 2.25 bits per heavy atom. The summed E-state index contributed by atoms with van der Waals surface area (Å²) in [4.78, 5) is 2.22. The molecule has 2 aliphatic rings. The molecule has 0 saturated carbocycles. The molecule has 2 heterocycles. The fourth-order valence-corrected chi connectivity index (χ4v) is 1.85. The SMILES string of the molecule is CC1=C(C)N2C=CC(Br)=CC2N1. The van der Waals surface area contributed by atoms with Crippen LogP contribution in [0.15, 0.2) is 34.2 Å². The van der Waals surface area contributed by atoms with Crippen LogP contribution in [0.3, 0.4) is 0 Å². The van der Waals surface area contributed by atoms with Crippen molar-refractivity contribution in [2.45, 2.75) is 20.0 Å². The molecule has 0 aromatic heterocycles. The molecule has 1 N–H and O–H groups in total. The molecule has 0 amide bonds. The third kappa shape index (κ3) is 1.08. The quantitative estimate of drug-likeness (QED) is 0.682. The van der Waals surface area contributed by atoms with E-state index in [2.05, 4.69) is 58.3 Å². The predicted octanol–water partition coefficient (Wildman–Crippen LogP) is 2.28. The second kappa shape index (κ2) is 2.66. The van der Waals surface area contributed by atoms with E-state index in [0.717, 1.165) is 4.48 Å². The van der Waals surface area contributed by atoms with Gasteiger partial charge in [0.1, 0.15) is 6.17 Å². The van der Waals surface area contributed by atoms with Crippen molar-refractivity contribution >= 4 is 15.9 Å². The lowest BCUT2D eigenvalue weighted by atomic mass is 10.3. The molecule has 0 aromatic rings. The molecule has 0 aliphatic carbocycles. The van der Waals surface area contributed by atoms with Crippen LogP contribution in [-0.4, -0.2) is 11.1 Å². The van der Waals surface area contributed by atoms with Crippen LogP contribution in [0.2, 0.25) is 0 Å². The van der Waals surface area contributed by atoms with Crippen molar-refractivity contribution in [2.24, 2.45) is 0 Å². The molecule has 64 valence electrons. The lowest BCUT2D eigenvalue weighted by Gasteiger charge is -2.24. The number of nitrogens with one attached hydrogen (secondary N) is 1. The second-order valence-corrected chi connectivity index (χ2v) is 3.99. The second-order valence-electron chi connectivity index (χ2n) is 3.07. The first kappa shape index (κ1) is 7.92. The summed E-state index contributed by atoms with van der Waals surface area (Å²) >= 11 is 3.45. The smallest absolute Gasteiger partial charge is 0.123 e. The molecule has 0 saturated heterocycles. The molecular weight excluding hydrogens is 216 g/mol. The minimum atomic E-state index is 0.310. The van der Waals surface area contributed by atoms with Crippen LogP contribution in [0.25, 0.3) is 0 Å². The summed E-state index contributed by atoms with van der Waals surface area (Å²) in [5.41, 5.74) is 2.55. The summed E-state index contributed by atoms with van der Waals surface area (Å²) in [6.07, 6.45) is 6.61. The highest BCUT2D eigenvalue weighted by Crippen LogP contribution is 2.26. The zero-order valence-electron chi connectivity index (χ0n) is 7.13. The van der Waals surface area contributed by atoms with Gasteiger partial charge in [-0.3, -0.25) is 0 Å². The van der Waals surface area contributed by atoms with E-state index in [9.17, 15) is 0 Å². The largest absolute Gasteiger partial charge is 0.364 e. The van der Waals surface area contributed by atoms with Crippen molar-refractivity contribution in [1.82, 2.24) is 10.2 Å². The molecule has 2 nitrogen and oxygen atoms in total. The number of nitrogens with zero attached hydrogens (tertiary/aromatic N) is 1. The standard InChI is InChI=1S/C9H11BrN2/c1-6-7(2)12-4-3-8(10)5-9(12)11-6/h3-5,9,11H,1-2H3. The molecular formula is C9H11BrN2. The summed E-state index contributed by atoms with van der Waals surface area (Å²) in [6.45, 7) is 4.23. The van der Waals surface area contributed by atoms with Gasteiger partial charge in [-0.15, -0.1) is 0 Å². The van der Waals surface area contributed by atoms with Crippen LogP contribution in [0, 0.1) is 0 Å². The first-order valence-corrected chi connectivity index (χ1v) is 4.75. The first-order chi connectivity index (χ1) is 5.68. The highest BCUT2D eigenvalue weighted by atomic mass is 79.9. The van der Waals surface area contributed by atoms with Crippen molar-refractivity contribution in [3.63, 3.8) is 0 Å². The van der Waals surface area contributed by atoms with Gasteiger partial charge in [0.2, 0.25) is 0 Å². The Balaban J connectivity index is 2.31. The van der Waals surface area contributed by atoms with Crippen molar-refractivity contribution in [3.05, 3.63) is 34.2 Å². The van der Waals surface area contributed by atoms with Gasteiger partial charge in [0.25, 0.3) is 0 Å². The number of hydrogen-bond acceptors (Lipinski definition) is 2. The fourth-order valence-electron chi connectivity index (χ4n) is 1.48. The number of halogens is 1. The van der Waals surface area contributed by atoms with Gasteiger partial charge in [-0.25, -0.2) is 0 Å². The van der Waals surface area contributed by atoms with Crippen LogP contribution in [0.5, 0.6) is 0 Å². The maximum Gasteiger partial charge on any atom is 0.123 e. The third-order valence-corrected chi connectivity index (χ3v) is 2.83. The van der Waals surface area contributed by atoms with Crippen LogP contribution in [-0.2, 0) is 0 Å². The normalized spacial score (nSPS) is 27.1. The van der Waals surface area contributed by atoms with Gasteiger partial charge in [-0.1, -0.05) is 15.9 Å². The van der Waals surface area contributed by atoms with Gasteiger partial charge in [-0.2, -0.15) is 0 Å². The minimum Gasteiger partial charge on any atom is -0.364 e. The van der Waals surface area contributed by atoms with Gasteiger partial charge in [-0.05, 0) is 26.0 Å². The lowest BCUT2D eigenvalue weighted by Crippen LogP contribution is -2.33. The Labute approximate surface area is 80.8 Å². The molecule has 0 aromatic carbocycles. The summed E-state index contributed by atoms with van der Waals surface area (Å²) in [5.74, 6) is 0. The van der Waals surface area contributed by atoms with E-state index in [-0.39, 0.29) is 0 Å². The number of rotatable bonds is 0. The molecule has 2 rings (SSSR count). The summed E-state index contributed by atoms with van der Waals surface area (Å²) in [5, 5.41) is 3.38. The molecule has 0 bridgehead atoms. The molecule has 2 aliphatic heterocycles. The lowest BCUT2D eigenvalue weighted by molar-refractivity contribution is 0.400. The Morgan fingerprint density at radius 1 is 1.50 bits per heavy atom. The molecule has 1 atom stereocenters. The zero-order valence-corrected chi connectivity index (χ0v) is 8.72. The highest BCUT2D eigenvalue weighted by molar-refractivity contribution is 9.11. The van der Waals surface area contributed by atoms with Gasteiger partial charge in [0.05, 0.1) is 0 Å². The third-order valence-electron chi connectivity index (χ3n) is 2.31. The maximum absolute atomic E-state index is 3.45. The van der Waals surface area contributed by atoms with Crippen LogP contribution in [0.1, 0.15) is 13.8 Å². The van der Waals surface area contributed by atoms with Gasteiger partial charge >= 0.3 is 0 Å². The number of hydrogen-bond donors (Lipinski definition) is 1. The Hall–Kier alpha value is -0.700. The van der Waals surface area contributed by atoms with Crippen LogP contribution < -0.4 is 5.32 Å². The Morgan fingerprint density at radius 3 is 3.00 bits per heavy atom. The van der Waals surface area contributed by atoms with Crippen molar-refractivity contribution in [2.75, 3.05) is 0 Å². The topological polar surface area (TPSA) is 15.3 Å². The monoisotopic (exact) mass is 226 g/mol. The van der Waals surface area contributed by atoms with Gasteiger partial charge < -0.3 is 10.2 Å². The molecule has 0 radical (unpaired) electrons. The van der Waals surface area contributed by atoms with Gasteiger partial charge in [0.15, 0.2) is 0 Å². The average Bonchev–Trinajstić information content (AvgIpc) is 2.28. The van der Waals surface area contributed by atoms with E-state index in [1.54, 1.807) is 0 Å². The number of fused-ring (bicyclic) bond motifs is 1. The number of allylic oxidation sites excluding steroid dienone is 4. The zero-order chi connectivity index (χ0) is 8.72. The maximum atomic E-state index is 3.45. The van der Waals surface area contributed by atoms with E-state index < -0.39 is 0 Å². The van der Waals surface area contributed by atoms with E-state index in [0.29, 0.717) is 6.17 Å². The molecule has 3 heteroatoms. The predicted molar refractivity (Wildman–Crippen MR) is 53.3 cm³/mol. The van der Waals surface area contributed by atoms with E-state index in [1.165, 1.54) is 11.4 Å². The van der Waals surface area contributed by atoms with Crippen LogP contribution >= 0.6 is 15.9 Å². The Bertz CT molecular complexity index is 302. The summed E-state index contributed by atoms with van der Waals surface area (Å²) in [6, 6.07) is 0. The molecule has 0 spiro atoms. The highest BCUT2D eigenvalue weighted by Gasteiger charge is 2.24. The van der Waals surface area contributed by atoms with Crippen LogP contribution in [0.4, 0.5) is 0 Å². The van der Waals surface area contributed by atoms with E-state index in [1.807, 2.05) is 0 Å². The first-order valence-electron chi connectivity index (χ1n) is 3.96. The van der Waals surface area contributed by atoms with Gasteiger partial charge in [0, 0.05) is 22.1 Å². The van der Waals surface area contributed by atoms with Crippen molar-refractivity contribution < 1.29 is 0 Å². The summed E-state index contributed by atoms with van der Waals surface area (Å²) < 4.78 is 1.14. The molecule has 1 unspecified atom stereocenters. The summed E-state index contributed by atoms with van der Waals surface area (Å²) in [7, 11) is 0. The minimum absolute atomic E-state index is 0.310. The Kier molecular flexibility index (Phi) is 1.76. The van der Waals surface area contributed by atoms with Crippen molar-refractivity contribution in [1.29, 1.82) is 0 Å². The molecule has 0 fully saturated rings. The molecule has 12 heavy (non-hydrogen) atoms. The van der Waals surface area contributed by atoms with E-state index >= 15 is 0 Å². The van der Waals surface area contributed by atoms with Crippen molar-refractivity contribution in [3.8, 4) is 0 Å². The average molecular weight is 227 g/mol.